The van der Waals surface area contributed by atoms with Crippen molar-refractivity contribution < 1.29 is 4.74 Å². The number of fused-ring (bicyclic) bond motifs is 2. The highest BCUT2D eigenvalue weighted by Crippen LogP contribution is 2.32. The number of aromatic amines is 1. The molecule has 1 aliphatic heterocycles. The third-order valence-electron chi connectivity index (χ3n) is 3.85. The number of aryl methyl sites for hydroxylation is 1. The average molecular weight is 280 g/mol. The van der Waals surface area contributed by atoms with E-state index in [4.69, 9.17) is 4.74 Å². The van der Waals surface area contributed by atoms with Crippen molar-refractivity contribution >= 4 is 16.7 Å². The number of hydrogen-bond acceptors (Lipinski definition) is 4. The summed E-state index contributed by atoms with van der Waals surface area (Å²) in [6, 6.07) is 10.3. The molecule has 0 unspecified atom stereocenters. The molecule has 4 rings (SSSR count). The Hall–Kier alpha value is -2.56. The van der Waals surface area contributed by atoms with Crippen molar-refractivity contribution in [1.29, 1.82) is 0 Å². The molecule has 0 aliphatic carbocycles. The topological polar surface area (TPSA) is 54.0 Å². The van der Waals surface area contributed by atoms with Crippen LogP contribution in [0.3, 0.4) is 0 Å². The zero-order valence-electron chi connectivity index (χ0n) is 11.8. The maximum absolute atomic E-state index is 5.70. The van der Waals surface area contributed by atoms with Gasteiger partial charge in [0, 0.05) is 23.8 Å². The summed E-state index contributed by atoms with van der Waals surface area (Å²) in [5, 5.41) is 8.24. The van der Waals surface area contributed by atoms with Gasteiger partial charge in [0.05, 0.1) is 12.2 Å². The number of pyridine rings is 1. The minimum Gasteiger partial charge on any atom is -0.490 e. The Balaban J connectivity index is 1.67. The molecule has 0 saturated heterocycles. The average Bonchev–Trinajstić information content (AvgIpc) is 2.89. The van der Waals surface area contributed by atoms with E-state index in [2.05, 4.69) is 32.2 Å². The predicted octanol–water partition coefficient (Wildman–Crippen LogP) is 2.67. The molecule has 0 radical (unpaired) electrons. The van der Waals surface area contributed by atoms with Gasteiger partial charge in [0.1, 0.15) is 12.4 Å². The van der Waals surface area contributed by atoms with Crippen molar-refractivity contribution in [3.8, 4) is 5.75 Å². The number of ether oxygens (including phenoxy) is 1. The number of H-pyrrole nitrogens is 1. The van der Waals surface area contributed by atoms with Crippen molar-refractivity contribution in [1.82, 2.24) is 15.2 Å². The largest absolute Gasteiger partial charge is 0.490 e. The number of nitrogens with one attached hydrogen (secondary N) is 1. The normalized spacial score (nSPS) is 14.0. The number of rotatable bonds is 2. The molecule has 1 N–H and O–H groups in total. The Morgan fingerprint density at radius 1 is 1.33 bits per heavy atom. The summed E-state index contributed by atoms with van der Waals surface area (Å²) in [4.78, 5) is 6.75. The van der Waals surface area contributed by atoms with Crippen molar-refractivity contribution in [3.05, 3.63) is 47.8 Å². The lowest BCUT2D eigenvalue weighted by atomic mass is 10.1. The number of benzene rings is 1. The van der Waals surface area contributed by atoms with Crippen LogP contribution in [-0.2, 0) is 6.54 Å². The fraction of sp³-hybridized carbons (Fsp3) is 0.250. The summed E-state index contributed by atoms with van der Waals surface area (Å²) < 4.78 is 5.70. The van der Waals surface area contributed by atoms with E-state index in [1.165, 1.54) is 5.56 Å². The monoisotopic (exact) mass is 280 g/mol. The molecule has 3 aromatic rings. The van der Waals surface area contributed by atoms with E-state index in [0.717, 1.165) is 47.9 Å². The predicted molar refractivity (Wildman–Crippen MR) is 81.6 cm³/mol. The van der Waals surface area contributed by atoms with Crippen LogP contribution in [-0.4, -0.2) is 28.3 Å². The van der Waals surface area contributed by atoms with Crippen LogP contribution >= 0.6 is 0 Å². The minimum absolute atomic E-state index is 0.720. The van der Waals surface area contributed by atoms with Crippen LogP contribution in [0.25, 0.3) is 11.0 Å². The highest BCUT2D eigenvalue weighted by atomic mass is 16.5. The van der Waals surface area contributed by atoms with Gasteiger partial charge in [-0.3, -0.25) is 5.10 Å². The molecule has 3 heterocycles. The van der Waals surface area contributed by atoms with E-state index in [0.29, 0.717) is 0 Å². The second-order valence-corrected chi connectivity index (χ2v) is 5.30. The molecule has 1 aliphatic rings. The molecule has 0 spiro atoms. The number of hydrogen-bond donors (Lipinski definition) is 1. The first-order chi connectivity index (χ1) is 10.3. The molecule has 0 fully saturated rings. The maximum atomic E-state index is 5.70. The second-order valence-electron chi connectivity index (χ2n) is 5.30. The van der Waals surface area contributed by atoms with Gasteiger partial charge in [-0.05, 0) is 30.7 Å². The van der Waals surface area contributed by atoms with E-state index in [9.17, 15) is 0 Å². The van der Waals surface area contributed by atoms with E-state index in [1.54, 1.807) is 0 Å². The van der Waals surface area contributed by atoms with Gasteiger partial charge < -0.3 is 9.64 Å². The lowest BCUT2D eigenvalue weighted by Crippen LogP contribution is -2.32. The minimum atomic E-state index is 0.720. The summed E-state index contributed by atoms with van der Waals surface area (Å²) >= 11 is 0. The summed E-state index contributed by atoms with van der Waals surface area (Å²) in [5.41, 5.74) is 4.16. The van der Waals surface area contributed by atoms with Gasteiger partial charge in [0.2, 0.25) is 0 Å². The molecular formula is C16H16N4O. The van der Waals surface area contributed by atoms with Gasteiger partial charge in [-0.25, -0.2) is 4.98 Å². The molecular weight excluding hydrogens is 264 g/mol. The first-order valence-corrected chi connectivity index (χ1v) is 7.07. The quantitative estimate of drug-likeness (QED) is 0.784. The van der Waals surface area contributed by atoms with E-state index in [-0.39, 0.29) is 0 Å². The summed E-state index contributed by atoms with van der Waals surface area (Å²) in [6.07, 6.45) is 1.90. The molecule has 5 heteroatoms. The molecule has 106 valence electrons. The third kappa shape index (κ3) is 2.11. The summed E-state index contributed by atoms with van der Waals surface area (Å²) in [6.45, 7) is 4.45. The van der Waals surface area contributed by atoms with Crippen LogP contribution in [0.1, 0.15) is 11.3 Å². The second kappa shape index (κ2) is 4.77. The fourth-order valence-electron chi connectivity index (χ4n) is 2.76. The van der Waals surface area contributed by atoms with Gasteiger partial charge >= 0.3 is 0 Å². The van der Waals surface area contributed by atoms with Gasteiger partial charge in [-0.1, -0.05) is 12.1 Å². The Morgan fingerprint density at radius 2 is 2.24 bits per heavy atom. The molecule has 2 aromatic heterocycles. The van der Waals surface area contributed by atoms with Crippen LogP contribution in [0.5, 0.6) is 5.75 Å². The van der Waals surface area contributed by atoms with Crippen LogP contribution in [0.2, 0.25) is 0 Å². The Labute approximate surface area is 122 Å². The van der Waals surface area contributed by atoms with Gasteiger partial charge in [0.25, 0.3) is 0 Å². The van der Waals surface area contributed by atoms with E-state index >= 15 is 0 Å². The van der Waals surface area contributed by atoms with Crippen molar-refractivity contribution in [2.45, 2.75) is 13.5 Å². The molecule has 0 amide bonds. The first kappa shape index (κ1) is 12.2. The summed E-state index contributed by atoms with van der Waals surface area (Å²) in [5.74, 6) is 0.956. The van der Waals surface area contributed by atoms with E-state index in [1.807, 2.05) is 31.3 Å². The SMILES string of the molecule is Cc1[nH]nc2ncc(CN3CCOc4ccccc43)cc12. The highest BCUT2D eigenvalue weighted by molar-refractivity contribution is 5.78. The molecule has 1 aromatic carbocycles. The summed E-state index contributed by atoms with van der Waals surface area (Å²) in [7, 11) is 0. The van der Waals surface area contributed by atoms with E-state index < -0.39 is 0 Å². The number of para-hydroxylation sites is 2. The van der Waals surface area contributed by atoms with Gasteiger partial charge in [-0.15, -0.1) is 0 Å². The molecule has 0 bridgehead atoms. The highest BCUT2D eigenvalue weighted by Gasteiger charge is 2.17. The number of aromatic nitrogens is 3. The van der Waals surface area contributed by atoms with Crippen molar-refractivity contribution in [2.75, 3.05) is 18.1 Å². The van der Waals surface area contributed by atoms with Gasteiger partial charge in [0.15, 0.2) is 5.65 Å². The molecule has 21 heavy (non-hydrogen) atoms. The van der Waals surface area contributed by atoms with Gasteiger partial charge in [-0.2, -0.15) is 5.10 Å². The standard InChI is InChI=1S/C16H16N4O/c1-11-13-8-12(9-17-16(13)19-18-11)10-20-6-7-21-15-5-3-2-4-14(15)20/h2-5,8-9H,6-7,10H2,1H3,(H,17,18,19). The lowest BCUT2D eigenvalue weighted by Gasteiger charge is -2.31. The zero-order chi connectivity index (χ0) is 14.2. The fourth-order valence-corrected chi connectivity index (χ4v) is 2.76. The zero-order valence-corrected chi connectivity index (χ0v) is 11.8. The lowest BCUT2D eigenvalue weighted by molar-refractivity contribution is 0.307. The van der Waals surface area contributed by atoms with Crippen LogP contribution in [0, 0.1) is 6.92 Å². The Bertz CT molecular complexity index is 796. The first-order valence-electron chi connectivity index (χ1n) is 7.07. The Kier molecular flexibility index (Phi) is 2.77. The smallest absolute Gasteiger partial charge is 0.181 e. The number of anilines is 1. The van der Waals surface area contributed by atoms with Crippen molar-refractivity contribution in [2.24, 2.45) is 0 Å². The van der Waals surface area contributed by atoms with Crippen LogP contribution < -0.4 is 9.64 Å². The number of nitrogens with zero attached hydrogens (tertiary/aromatic N) is 3. The van der Waals surface area contributed by atoms with Crippen LogP contribution in [0.15, 0.2) is 36.5 Å². The third-order valence-corrected chi connectivity index (χ3v) is 3.85. The molecule has 0 atom stereocenters. The Morgan fingerprint density at radius 3 is 3.19 bits per heavy atom. The molecule has 5 nitrogen and oxygen atoms in total. The molecule has 0 saturated carbocycles. The van der Waals surface area contributed by atoms with Crippen molar-refractivity contribution in [3.63, 3.8) is 0 Å². The van der Waals surface area contributed by atoms with Crippen LogP contribution in [0.4, 0.5) is 5.69 Å². The maximum Gasteiger partial charge on any atom is 0.181 e.